The van der Waals surface area contributed by atoms with Crippen molar-refractivity contribution in [2.24, 2.45) is 5.84 Å². The SMILES string of the molecule is Cc1ccc(C(CSc2ccccc2C)NN)cn1. The molecule has 4 heteroatoms. The Bertz CT molecular complexity index is 525. The summed E-state index contributed by atoms with van der Waals surface area (Å²) in [6, 6.07) is 12.6. The van der Waals surface area contributed by atoms with E-state index in [9.17, 15) is 0 Å². The Morgan fingerprint density at radius 2 is 2.00 bits per heavy atom. The van der Waals surface area contributed by atoms with Gasteiger partial charge in [-0.2, -0.15) is 0 Å². The summed E-state index contributed by atoms with van der Waals surface area (Å²) in [7, 11) is 0. The number of aryl methyl sites for hydroxylation is 2. The van der Waals surface area contributed by atoms with Gasteiger partial charge in [-0.15, -0.1) is 11.8 Å². The van der Waals surface area contributed by atoms with Crippen LogP contribution in [0.4, 0.5) is 0 Å². The van der Waals surface area contributed by atoms with Crippen molar-refractivity contribution in [3.05, 3.63) is 59.4 Å². The maximum Gasteiger partial charge on any atom is 0.0569 e. The first-order valence-corrected chi connectivity index (χ1v) is 7.26. The number of benzene rings is 1. The van der Waals surface area contributed by atoms with Gasteiger partial charge in [0.25, 0.3) is 0 Å². The molecule has 0 spiro atoms. The molecule has 1 unspecified atom stereocenters. The van der Waals surface area contributed by atoms with E-state index in [1.165, 1.54) is 10.5 Å². The van der Waals surface area contributed by atoms with Gasteiger partial charge < -0.3 is 0 Å². The second-order valence-electron chi connectivity index (χ2n) is 4.53. The molecule has 100 valence electrons. The van der Waals surface area contributed by atoms with E-state index in [0.29, 0.717) is 0 Å². The van der Waals surface area contributed by atoms with Gasteiger partial charge in [-0.1, -0.05) is 24.3 Å². The lowest BCUT2D eigenvalue weighted by Crippen LogP contribution is -2.29. The lowest BCUT2D eigenvalue weighted by Gasteiger charge is -2.16. The van der Waals surface area contributed by atoms with Gasteiger partial charge in [-0.3, -0.25) is 16.3 Å². The average molecular weight is 273 g/mol. The summed E-state index contributed by atoms with van der Waals surface area (Å²) in [5.41, 5.74) is 6.30. The van der Waals surface area contributed by atoms with E-state index >= 15 is 0 Å². The molecule has 0 bridgehead atoms. The van der Waals surface area contributed by atoms with Crippen molar-refractivity contribution in [3.63, 3.8) is 0 Å². The molecule has 0 aliphatic carbocycles. The van der Waals surface area contributed by atoms with E-state index in [1.54, 1.807) is 0 Å². The zero-order valence-electron chi connectivity index (χ0n) is 11.3. The van der Waals surface area contributed by atoms with Gasteiger partial charge in [-0.05, 0) is 37.1 Å². The van der Waals surface area contributed by atoms with Crippen molar-refractivity contribution < 1.29 is 0 Å². The minimum atomic E-state index is 0.109. The van der Waals surface area contributed by atoms with Crippen LogP contribution in [0.2, 0.25) is 0 Å². The average Bonchev–Trinajstić information content (AvgIpc) is 2.43. The maximum atomic E-state index is 5.65. The highest BCUT2D eigenvalue weighted by Gasteiger charge is 2.11. The Hall–Kier alpha value is -1.36. The lowest BCUT2D eigenvalue weighted by atomic mass is 10.1. The van der Waals surface area contributed by atoms with E-state index in [2.05, 4.69) is 47.7 Å². The van der Waals surface area contributed by atoms with E-state index in [-0.39, 0.29) is 6.04 Å². The second kappa shape index (κ2) is 6.70. The number of nitrogens with two attached hydrogens (primary N) is 1. The Kier molecular flexibility index (Phi) is 4.96. The number of hydrazine groups is 1. The number of hydrogen-bond donors (Lipinski definition) is 2. The highest BCUT2D eigenvalue weighted by molar-refractivity contribution is 7.99. The van der Waals surface area contributed by atoms with Crippen molar-refractivity contribution in [3.8, 4) is 0 Å². The van der Waals surface area contributed by atoms with Gasteiger partial charge in [0.2, 0.25) is 0 Å². The van der Waals surface area contributed by atoms with Crippen LogP contribution in [-0.2, 0) is 0 Å². The maximum absolute atomic E-state index is 5.65. The van der Waals surface area contributed by atoms with Gasteiger partial charge in [0.15, 0.2) is 0 Å². The predicted octanol–water partition coefficient (Wildman–Crippen LogP) is 3.00. The van der Waals surface area contributed by atoms with E-state index in [0.717, 1.165) is 17.0 Å². The van der Waals surface area contributed by atoms with Gasteiger partial charge >= 0.3 is 0 Å². The molecule has 1 atom stereocenters. The molecule has 2 rings (SSSR count). The van der Waals surface area contributed by atoms with Gasteiger partial charge in [-0.25, -0.2) is 0 Å². The molecule has 2 aromatic rings. The van der Waals surface area contributed by atoms with E-state index in [1.807, 2.05) is 30.9 Å². The Morgan fingerprint density at radius 1 is 1.21 bits per heavy atom. The zero-order chi connectivity index (χ0) is 13.7. The third-order valence-electron chi connectivity index (χ3n) is 3.04. The number of rotatable bonds is 5. The smallest absolute Gasteiger partial charge is 0.0569 e. The minimum Gasteiger partial charge on any atom is -0.271 e. The van der Waals surface area contributed by atoms with Crippen molar-refractivity contribution in [2.75, 3.05) is 5.75 Å². The quantitative estimate of drug-likeness (QED) is 0.499. The van der Waals surface area contributed by atoms with Crippen LogP contribution in [0.1, 0.15) is 22.9 Å². The monoisotopic (exact) mass is 273 g/mol. The fraction of sp³-hybridized carbons (Fsp3) is 0.267. The summed E-state index contributed by atoms with van der Waals surface area (Å²) >= 11 is 1.81. The van der Waals surface area contributed by atoms with Crippen molar-refractivity contribution in [2.45, 2.75) is 24.8 Å². The number of aromatic nitrogens is 1. The van der Waals surface area contributed by atoms with Gasteiger partial charge in [0.05, 0.1) is 6.04 Å². The van der Waals surface area contributed by atoms with Gasteiger partial charge in [0, 0.05) is 22.5 Å². The largest absolute Gasteiger partial charge is 0.271 e. The first-order valence-electron chi connectivity index (χ1n) is 6.28. The molecule has 0 aliphatic heterocycles. The van der Waals surface area contributed by atoms with Crippen LogP contribution in [0.5, 0.6) is 0 Å². The molecule has 3 nitrogen and oxygen atoms in total. The van der Waals surface area contributed by atoms with Gasteiger partial charge in [0.1, 0.15) is 0 Å². The number of thioether (sulfide) groups is 1. The molecule has 0 saturated carbocycles. The van der Waals surface area contributed by atoms with Crippen molar-refractivity contribution in [1.29, 1.82) is 0 Å². The fourth-order valence-electron chi connectivity index (χ4n) is 1.82. The summed E-state index contributed by atoms with van der Waals surface area (Å²) in [5.74, 6) is 6.53. The molecule has 0 radical (unpaired) electrons. The first kappa shape index (κ1) is 14.1. The Labute approximate surface area is 118 Å². The van der Waals surface area contributed by atoms with Crippen LogP contribution in [-0.4, -0.2) is 10.7 Å². The molecule has 0 saturated heterocycles. The summed E-state index contributed by atoms with van der Waals surface area (Å²) < 4.78 is 0. The highest BCUT2D eigenvalue weighted by atomic mass is 32.2. The number of hydrogen-bond acceptors (Lipinski definition) is 4. The number of nitrogens with zero attached hydrogens (tertiary/aromatic N) is 1. The summed E-state index contributed by atoms with van der Waals surface area (Å²) in [5, 5.41) is 0. The van der Waals surface area contributed by atoms with Crippen molar-refractivity contribution in [1.82, 2.24) is 10.4 Å². The molecule has 0 aliphatic rings. The molecule has 19 heavy (non-hydrogen) atoms. The van der Waals surface area contributed by atoms with Crippen LogP contribution >= 0.6 is 11.8 Å². The topological polar surface area (TPSA) is 50.9 Å². The van der Waals surface area contributed by atoms with Crippen LogP contribution in [0, 0.1) is 13.8 Å². The molecule has 0 amide bonds. The summed E-state index contributed by atoms with van der Waals surface area (Å²) in [6.07, 6.45) is 1.89. The summed E-state index contributed by atoms with van der Waals surface area (Å²) in [6.45, 7) is 4.11. The van der Waals surface area contributed by atoms with Crippen LogP contribution in [0.15, 0.2) is 47.5 Å². The van der Waals surface area contributed by atoms with Crippen LogP contribution in [0.3, 0.4) is 0 Å². The Balaban J connectivity index is 2.04. The standard InChI is InChI=1S/C15H19N3S/c1-11-5-3-4-6-15(11)19-10-14(18-16)13-8-7-12(2)17-9-13/h3-9,14,18H,10,16H2,1-2H3. The fourth-order valence-corrected chi connectivity index (χ4v) is 2.92. The molecular weight excluding hydrogens is 254 g/mol. The number of pyridine rings is 1. The highest BCUT2D eigenvalue weighted by Crippen LogP contribution is 2.26. The third kappa shape index (κ3) is 3.80. The molecule has 0 fully saturated rings. The normalized spacial score (nSPS) is 12.4. The Morgan fingerprint density at radius 3 is 2.63 bits per heavy atom. The molecule has 1 aromatic carbocycles. The lowest BCUT2D eigenvalue weighted by molar-refractivity contribution is 0.608. The van der Waals surface area contributed by atoms with Crippen LogP contribution in [0.25, 0.3) is 0 Å². The summed E-state index contributed by atoms with van der Waals surface area (Å²) in [4.78, 5) is 5.61. The van der Waals surface area contributed by atoms with Crippen molar-refractivity contribution >= 4 is 11.8 Å². The third-order valence-corrected chi connectivity index (χ3v) is 4.31. The minimum absolute atomic E-state index is 0.109. The van der Waals surface area contributed by atoms with E-state index in [4.69, 9.17) is 5.84 Å². The predicted molar refractivity (Wildman–Crippen MR) is 80.9 cm³/mol. The molecular formula is C15H19N3S. The number of nitrogens with one attached hydrogen (secondary N) is 1. The zero-order valence-corrected chi connectivity index (χ0v) is 12.1. The molecule has 1 aromatic heterocycles. The van der Waals surface area contributed by atoms with Crippen LogP contribution < -0.4 is 11.3 Å². The molecule has 3 N–H and O–H groups in total. The molecule has 1 heterocycles. The second-order valence-corrected chi connectivity index (χ2v) is 5.59. The van der Waals surface area contributed by atoms with E-state index < -0.39 is 0 Å². The first-order chi connectivity index (χ1) is 9.20.